The molecule has 140 valence electrons. The van der Waals surface area contributed by atoms with Gasteiger partial charge in [0.1, 0.15) is 0 Å². The van der Waals surface area contributed by atoms with Crippen LogP contribution in [0.25, 0.3) is 0 Å². The molecule has 1 aliphatic heterocycles. The largest absolute Gasteiger partial charge is 0.493 e. The van der Waals surface area contributed by atoms with E-state index in [0.717, 1.165) is 32.5 Å². The number of ether oxygens (including phenoxy) is 2. The van der Waals surface area contributed by atoms with E-state index in [9.17, 15) is 4.79 Å². The highest BCUT2D eigenvalue weighted by molar-refractivity contribution is 7.09. The van der Waals surface area contributed by atoms with Gasteiger partial charge in [-0.25, -0.2) is 0 Å². The van der Waals surface area contributed by atoms with Gasteiger partial charge in [-0.05, 0) is 55.4 Å². The first-order valence-corrected chi connectivity index (χ1v) is 9.83. The Labute approximate surface area is 158 Å². The summed E-state index contributed by atoms with van der Waals surface area (Å²) in [6.45, 7) is 3.91. The molecule has 0 radical (unpaired) electrons. The first-order chi connectivity index (χ1) is 12.7. The fraction of sp³-hybridized carbons (Fsp3) is 0.450. The highest BCUT2D eigenvalue weighted by Gasteiger charge is 2.21. The average molecular weight is 375 g/mol. The second-order valence-corrected chi connectivity index (χ2v) is 7.58. The van der Waals surface area contributed by atoms with Crippen molar-refractivity contribution in [3.8, 4) is 11.5 Å². The predicted octanol–water partition coefficient (Wildman–Crippen LogP) is 3.41. The number of piperidine rings is 1. The van der Waals surface area contributed by atoms with Gasteiger partial charge < -0.3 is 14.8 Å². The minimum Gasteiger partial charge on any atom is -0.493 e. The number of hydrogen-bond donors (Lipinski definition) is 1. The van der Waals surface area contributed by atoms with Crippen molar-refractivity contribution in [2.45, 2.75) is 19.4 Å². The van der Waals surface area contributed by atoms with Crippen LogP contribution < -0.4 is 14.8 Å². The molecule has 1 aliphatic rings. The summed E-state index contributed by atoms with van der Waals surface area (Å²) in [5.41, 5.74) is 0.516. The lowest BCUT2D eigenvalue weighted by molar-refractivity contribution is 0.0931. The van der Waals surface area contributed by atoms with Crippen LogP contribution >= 0.6 is 11.3 Å². The molecule has 1 amide bonds. The van der Waals surface area contributed by atoms with Crippen molar-refractivity contribution in [1.82, 2.24) is 10.2 Å². The van der Waals surface area contributed by atoms with Gasteiger partial charge in [0.05, 0.1) is 19.8 Å². The van der Waals surface area contributed by atoms with Gasteiger partial charge in [-0.15, -0.1) is 11.3 Å². The van der Waals surface area contributed by atoms with Gasteiger partial charge in [-0.1, -0.05) is 12.1 Å². The lowest BCUT2D eigenvalue weighted by Crippen LogP contribution is -2.38. The molecule has 1 saturated heterocycles. The van der Waals surface area contributed by atoms with Crippen molar-refractivity contribution >= 4 is 17.2 Å². The topological polar surface area (TPSA) is 50.8 Å². The quantitative estimate of drug-likeness (QED) is 0.807. The number of hydrogen-bond acceptors (Lipinski definition) is 5. The number of nitrogens with one attached hydrogen (secondary N) is 1. The van der Waals surface area contributed by atoms with Crippen molar-refractivity contribution in [2.24, 2.45) is 5.92 Å². The minimum absolute atomic E-state index is 0.109. The van der Waals surface area contributed by atoms with Crippen molar-refractivity contribution in [3.05, 3.63) is 46.2 Å². The van der Waals surface area contributed by atoms with Gasteiger partial charge in [-0.3, -0.25) is 9.69 Å². The van der Waals surface area contributed by atoms with Crippen LogP contribution in [-0.2, 0) is 6.54 Å². The standard InChI is InChI=1S/C20H26N2O3S/c1-24-18-7-3-6-17(19(18)25-2)20(23)21-13-15-8-10-22(11-9-15)14-16-5-4-12-26-16/h3-7,12,15H,8-11,13-14H2,1-2H3,(H,21,23). The molecule has 1 N–H and O–H groups in total. The fourth-order valence-corrected chi connectivity index (χ4v) is 4.12. The van der Waals surface area contributed by atoms with Crippen LogP contribution in [0.3, 0.4) is 0 Å². The Bertz CT molecular complexity index is 710. The number of carbonyl (C=O) groups excluding carboxylic acids is 1. The number of amides is 1. The molecule has 0 bridgehead atoms. The van der Waals surface area contributed by atoms with E-state index in [4.69, 9.17) is 9.47 Å². The zero-order valence-corrected chi connectivity index (χ0v) is 16.2. The van der Waals surface area contributed by atoms with Gasteiger partial charge in [0.15, 0.2) is 11.5 Å². The smallest absolute Gasteiger partial charge is 0.255 e. The van der Waals surface area contributed by atoms with E-state index < -0.39 is 0 Å². The van der Waals surface area contributed by atoms with E-state index in [0.29, 0.717) is 29.5 Å². The third-order valence-corrected chi connectivity index (χ3v) is 5.73. The second kappa shape index (κ2) is 9.05. The number of para-hydroxylation sites is 1. The highest BCUT2D eigenvalue weighted by atomic mass is 32.1. The Morgan fingerprint density at radius 1 is 1.19 bits per heavy atom. The highest BCUT2D eigenvalue weighted by Crippen LogP contribution is 2.30. The molecule has 1 fully saturated rings. The number of methoxy groups -OCH3 is 2. The van der Waals surface area contributed by atoms with E-state index in [1.54, 1.807) is 32.4 Å². The first kappa shape index (κ1) is 18.7. The zero-order chi connectivity index (χ0) is 18.4. The Balaban J connectivity index is 1.48. The summed E-state index contributed by atoms with van der Waals surface area (Å²) in [4.78, 5) is 16.5. The minimum atomic E-state index is -0.109. The van der Waals surface area contributed by atoms with E-state index in [1.165, 1.54) is 4.88 Å². The Morgan fingerprint density at radius 2 is 2.00 bits per heavy atom. The average Bonchev–Trinajstić information content (AvgIpc) is 3.19. The van der Waals surface area contributed by atoms with Crippen molar-refractivity contribution in [2.75, 3.05) is 33.9 Å². The van der Waals surface area contributed by atoms with Gasteiger partial charge in [0.25, 0.3) is 5.91 Å². The monoisotopic (exact) mass is 374 g/mol. The molecule has 5 nitrogen and oxygen atoms in total. The van der Waals surface area contributed by atoms with Crippen LogP contribution in [0.15, 0.2) is 35.7 Å². The maximum absolute atomic E-state index is 12.6. The number of nitrogens with zero attached hydrogens (tertiary/aromatic N) is 1. The summed E-state index contributed by atoms with van der Waals surface area (Å²) in [5.74, 6) is 1.47. The maximum Gasteiger partial charge on any atom is 0.255 e. The molecule has 0 atom stereocenters. The fourth-order valence-electron chi connectivity index (χ4n) is 3.37. The molecular weight excluding hydrogens is 348 g/mol. The van der Waals surface area contributed by atoms with E-state index >= 15 is 0 Å². The molecular formula is C20H26N2O3S. The molecule has 2 heterocycles. The zero-order valence-electron chi connectivity index (χ0n) is 15.4. The lowest BCUT2D eigenvalue weighted by atomic mass is 9.96. The molecule has 0 saturated carbocycles. The normalized spacial score (nSPS) is 15.6. The van der Waals surface area contributed by atoms with Crippen LogP contribution in [0.1, 0.15) is 28.1 Å². The summed E-state index contributed by atoms with van der Waals surface area (Å²) in [6.07, 6.45) is 2.22. The van der Waals surface area contributed by atoms with Crippen LogP contribution in [0.4, 0.5) is 0 Å². The number of benzene rings is 1. The maximum atomic E-state index is 12.6. The number of carbonyl (C=O) groups is 1. The van der Waals surface area contributed by atoms with Gasteiger partial charge >= 0.3 is 0 Å². The molecule has 0 aliphatic carbocycles. The van der Waals surface area contributed by atoms with Crippen LogP contribution in [0.2, 0.25) is 0 Å². The van der Waals surface area contributed by atoms with Gasteiger partial charge in [0, 0.05) is 18.0 Å². The first-order valence-electron chi connectivity index (χ1n) is 8.95. The number of thiophene rings is 1. The summed E-state index contributed by atoms with van der Waals surface area (Å²) < 4.78 is 10.6. The third-order valence-electron chi connectivity index (χ3n) is 4.87. The molecule has 0 unspecified atom stereocenters. The molecule has 26 heavy (non-hydrogen) atoms. The Hall–Kier alpha value is -2.05. The van der Waals surface area contributed by atoms with Crippen LogP contribution in [0, 0.1) is 5.92 Å². The number of rotatable bonds is 7. The van der Waals surface area contributed by atoms with Crippen molar-refractivity contribution < 1.29 is 14.3 Å². The molecule has 6 heteroatoms. The summed E-state index contributed by atoms with van der Waals surface area (Å²) >= 11 is 1.81. The van der Waals surface area contributed by atoms with Crippen LogP contribution in [0.5, 0.6) is 11.5 Å². The number of likely N-dealkylation sites (tertiary alicyclic amines) is 1. The molecule has 1 aromatic carbocycles. The SMILES string of the molecule is COc1cccc(C(=O)NCC2CCN(Cc3cccs3)CC2)c1OC. The summed E-state index contributed by atoms with van der Waals surface area (Å²) in [5, 5.41) is 5.19. The molecule has 0 spiro atoms. The predicted molar refractivity (Wildman–Crippen MR) is 104 cm³/mol. The van der Waals surface area contributed by atoms with Gasteiger partial charge in [0.2, 0.25) is 0 Å². The third kappa shape index (κ3) is 4.56. The van der Waals surface area contributed by atoms with E-state index in [-0.39, 0.29) is 5.91 Å². The Morgan fingerprint density at radius 3 is 2.65 bits per heavy atom. The molecule has 3 rings (SSSR count). The molecule has 2 aromatic rings. The summed E-state index contributed by atoms with van der Waals surface area (Å²) in [6, 6.07) is 9.66. The Kier molecular flexibility index (Phi) is 6.52. The van der Waals surface area contributed by atoms with Gasteiger partial charge in [-0.2, -0.15) is 0 Å². The summed E-state index contributed by atoms with van der Waals surface area (Å²) in [7, 11) is 3.13. The lowest BCUT2D eigenvalue weighted by Gasteiger charge is -2.31. The van der Waals surface area contributed by atoms with Crippen LogP contribution in [-0.4, -0.2) is 44.7 Å². The van der Waals surface area contributed by atoms with Crippen molar-refractivity contribution in [1.29, 1.82) is 0 Å². The molecule has 1 aromatic heterocycles. The van der Waals surface area contributed by atoms with E-state index in [1.807, 2.05) is 11.3 Å². The van der Waals surface area contributed by atoms with Crippen molar-refractivity contribution in [3.63, 3.8) is 0 Å². The second-order valence-electron chi connectivity index (χ2n) is 6.55. The van der Waals surface area contributed by atoms with E-state index in [2.05, 4.69) is 27.7 Å².